The van der Waals surface area contributed by atoms with Crippen LogP contribution < -0.4 is 0 Å². The fourth-order valence-corrected chi connectivity index (χ4v) is 0.737. The van der Waals surface area contributed by atoms with Gasteiger partial charge >= 0.3 is 6.18 Å². The van der Waals surface area contributed by atoms with Crippen molar-refractivity contribution in [2.24, 2.45) is 0 Å². The summed E-state index contributed by atoms with van der Waals surface area (Å²) < 4.78 is 46.6. The lowest BCUT2D eigenvalue weighted by Gasteiger charge is -2.10. The Hall–Kier alpha value is -0.280. The molecule has 11 heavy (non-hydrogen) atoms. The van der Waals surface area contributed by atoms with Crippen molar-refractivity contribution in [1.82, 2.24) is 0 Å². The van der Waals surface area contributed by atoms with Crippen molar-refractivity contribution in [2.75, 3.05) is 0 Å². The molecule has 0 heterocycles. The average Bonchev–Trinajstić information content (AvgIpc) is 1.86. The van der Waals surface area contributed by atoms with Gasteiger partial charge in [0.25, 0.3) is 0 Å². The highest BCUT2D eigenvalue weighted by Gasteiger charge is 2.39. The van der Waals surface area contributed by atoms with E-state index in [4.69, 9.17) is 0 Å². The van der Waals surface area contributed by atoms with Gasteiger partial charge in [-0.3, -0.25) is 0 Å². The summed E-state index contributed by atoms with van der Waals surface area (Å²) in [7, 11) is 0. The summed E-state index contributed by atoms with van der Waals surface area (Å²) in [5.41, 5.74) is 0. The van der Waals surface area contributed by atoms with Gasteiger partial charge in [0, 0.05) is 0 Å². The van der Waals surface area contributed by atoms with E-state index in [0.717, 1.165) is 6.42 Å². The molecule has 0 spiro atoms. The van der Waals surface area contributed by atoms with Crippen LogP contribution in [0.5, 0.6) is 0 Å². The minimum atomic E-state index is -4.66. The van der Waals surface area contributed by atoms with E-state index in [-0.39, 0.29) is 0 Å². The van der Waals surface area contributed by atoms with Gasteiger partial charge in [-0.15, -0.1) is 0 Å². The first-order chi connectivity index (χ1) is 4.98. The summed E-state index contributed by atoms with van der Waals surface area (Å²) in [6.45, 7) is 1.86. The fourth-order valence-electron chi connectivity index (χ4n) is 0.737. The third kappa shape index (κ3) is 5.04. The third-order valence-corrected chi connectivity index (χ3v) is 1.42. The van der Waals surface area contributed by atoms with Gasteiger partial charge in [0.2, 0.25) is 0 Å². The van der Waals surface area contributed by atoms with Crippen molar-refractivity contribution in [3.8, 4) is 0 Å². The van der Waals surface area contributed by atoms with E-state index < -0.39 is 18.8 Å². The van der Waals surface area contributed by atoms with Crippen molar-refractivity contribution in [1.29, 1.82) is 0 Å². The van der Waals surface area contributed by atoms with Crippen LogP contribution in [-0.2, 0) is 0 Å². The number of rotatable bonds is 4. The first kappa shape index (κ1) is 10.7. The number of unbranched alkanes of at least 4 members (excludes halogenated alkanes) is 2. The number of hydrogen-bond acceptors (Lipinski definition) is 0. The maximum Gasteiger partial charge on any atom is 0.419 e. The van der Waals surface area contributed by atoms with Crippen LogP contribution in [0.2, 0.25) is 0 Å². The smallest absolute Gasteiger partial charge is 0.237 e. The summed E-state index contributed by atoms with van der Waals surface area (Å²) in [6.07, 6.45) is -5.89. The third-order valence-electron chi connectivity index (χ3n) is 1.42. The summed E-state index contributed by atoms with van der Waals surface area (Å²) in [6, 6.07) is 0. The van der Waals surface area contributed by atoms with E-state index in [0.29, 0.717) is 12.8 Å². The predicted octanol–water partition coefficient (Wildman–Crippen LogP) is 3.47. The zero-order valence-electron chi connectivity index (χ0n) is 6.42. The molecule has 0 rings (SSSR count). The van der Waals surface area contributed by atoms with Gasteiger partial charge < -0.3 is 0 Å². The molecule has 0 aliphatic heterocycles. The van der Waals surface area contributed by atoms with Crippen LogP contribution in [0, 0.1) is 0 Å². The lowest BCUT2D eigenvalue weighted by atomic mass is 10.1. The maximum atomic E-state index is 12.1. The van der Waals surface area contributed by atoms with Crippen LogP contribution in [0.3, 0.4) is 0 Å². The van der Waals surface area contributed by atoms with Crippen LogP contribution in [0.25, 0.3) is 0 Å². The Kier molecular flexibility index (Phi) is 4.45. The Balaban J connectivity index is 3.44. The molecule has 0 nitrogen and oxygen atoms in total. The minimum Gasteiger partial charge on any atom is -0.237 e. The quantitative estimate of drug-likeness (QED) is 0.450. The number of hydrogen-bond donors (Lipinski definition) is 0. The van der Waals surface area contributed by atoms with Gasteiger partial charge in [0.1, 0.15) is 0 Å². The topological polar surface area (TPSA) is 0 Å². The van der Waals surface area contributed by atoms with E-state index in [1.54, 1.807) is 0 Å². The predicted molar refractivity (Wildman–Crippen MR) is 35.1 cm³/mol. The monoisotopic (exact) mass is 172 g/mol. The van der Waals surface area contributed by atoms with E-state index in [2.05, 4.69) is 0 Å². The maximum absolute atomic E-state index is 12.1. The number of halogens is 4. The molecule has 0 fully saturated rings. The van der Waals surface area contributed by atoms with Gasteiger partial charge in [0.15, 0.2) is 6.17 Å². The molecule has 0 amide bonds. The molecule has 0 aliphatic carbocycles. The fraction of sp³-hybridized carbons (Fsp3) is 1.00. The second-order valence-electron chi connectivity index (χ2n) is 2.50. The molecule has 0 bridgehead atoms. The molecule has 4 heteroatoms. The van der Waals surface area contributed by atoms with E-state index in [1.807, 2.05) is 6.92 Å². The zero-order chi connectivity index (χ0) is 8.91. The minimum absolute atomic E-state index is 0.317. The highest BCUT2D eigenvalue weighted by molar-refractivity contribution is 4.64. The van der Waals surface area contributed by atoms with Crippen molar-refractivity contribution in [2.45, 2.75) is 45.0 Å². The van der Waals surface area contributed by atoms with Crippen LogP contribution >= 0.6 is 0 Å². The average molecular weight is 172 g/mol. The Morgan fingerprint density at radius 3 is 2.09 bits per heavy atom. The molecule has 0 aromatic carbocycles. The van der Waals surface area contributed by atoms with Crippen LogP contribution in [0.4, 0.5) is 17.6 Å². The lowest BCUT2D eigenvalue weighted by molar-refractivity contribution is -0.182. The highest BCUT2D eigenvalue weighted by Crippen LogP contribution is 2.26. The SMILES string of the molecule is CCCCCC(F)C(F)(F)F. The first-order valence-corrected chi connectivity index (χ1v) is 3.69. The summed E-state index contributed by atoms with van der Waals surface area (Å²) in [5.74, 6) is 0. The second kappa shape index (κ2) is 4.57. The standard InChI is InChI=1S/C7H12F4/c1-2-3-4-5-6(8)7(9,10)11/h6H,2-5H2,1H3. The summed E-state index contributed by atoms with van der Waals surface area (Å²) >= 11 is 0. The molecule has 1 unspecified atom stereocenters. The van der Waals surface area contributed by atoms with E-state index in [1.165, 1.54) is 0 Å². The molecule has 0 saturated carbocycles. The van der Waals surface area contributed by atoms with Crippen LogP contribution in [0.15, 0.2) is 0 Å². The van der Waals surface area contributed by atoms with Gasteiger partial charge in [-0.25, -0.2) is 4.39 Å². The Labute approximate surface area is 63.6 Å². The van der Waals surface area contributed by atoms with Crippen LogP contribution in [-0.4, -0.2) is 12.3 Å². The van der Waals surface area contributed by atoms with Gasteiger partial charge in [-0.05, 0) is 6.42 Å². The lowest BCUT2D eigenvalue weighted by Crippen LogP contribution is -2.23. The summed E-state index contributed by atoms with van der Waals surface area (Å²) in [4.78, 5) is 0. The molecule has 0 aromatic rings. The molecular formula is C7H12F4. The Bertz CT molecular complexity index is 97.1. The molecule has 1 atom stereocenters. The van der Waals surface area contributed by atoms with Crippen LogP contribution in [0.1, 0.15) is 32.6 Å². The van der Waals surface area contributed by atoms with E-state index in [9.17, 15) is 17.6 Å². The molecule has 0 aliphatic rings. The molecule has 0 N–H and O–H groups in total. The van der Waals surface area contributed by atoms with Crippen molar-refractivity contribution < 1.29 is 17.6 Å². The van der Waals surface area contributed by atoms with Gasteiger partial charge in [-0.2, -0.15) is 13.2 Å². The Morgan fingerprint density at radius 1 is 1.18 bits per heavy atom. The van der Waals surface area contributed by atoms with Gasteiger partial charge in [-0.1, -0.05) is 26.2 Å². The highest BCUT2D eigenvalue weighted by atomic mass is 19.4. The zero-order valence-corrected chi connectivity index (χ0v) is 6.42. The normalized spacial score (nSPS) is 15.0. The van der Waals surface area contributed by atoms with E-state index >= 15 is 0 Å². The molecular weight excluding hydrogens is 160 g/mol. The molecule has 0 saturated heterocycles. The Morgan fingerprint density at radius 2 is 1.73 bits per heavy atom. The van der Waals surface area contributed by atoms with Gasteiger partial charge in [0.05, 0.1) is 0 Å². The van der Waals surface area contributed by atoms with Crippen molar-refractivity contribution >= 4 is 0 Å². The largest absolute Gasteiger partial charge is 0.419 e. The van der Waals surface area contributed by atoms with Crippen molar-refractivity contribution in [3.63, 3.8) is 0 Å². The number of alkyl halides is 4. The van der Waals surface area contributed by atoms with Crippen molar-refractivity contribution in [3.05, 3.63) is 0 Å². The molecule has 0 aromatic heterocycles. The summed E-state index contributed by atoms with van der Waals surface area (Å²) in [5, 5.41) is 0. The second-order valence-corrected chi connectivity index (χ2v) is 2.50. The molecule has 0 radical (unpaired) electrons. The molecule has 68 valence electrons. The first-order valence-electron chi connectivity index (χ1n) is 3.69.